The van der Waals surface area contributed by atoms with E-state index in [9.17, 15) is 0 Å². The molecule has 0 amide bonds. The van der Waals surface area contributed by atoms with Crippen molar-refractivity contribution in [2.75, 3.05) is 0 Å². The van der Waals surface area contributed by atoms with E-state index in [1.807, 2.05) is 12.1 Å². The molecule has 1 aromatic carbocycles. The van der Waals surface area contributed by atoms with E-state index >= 15 is 0 Å². The monoisotopic (exact) mass is 157 g/mol. The average molecular weight is 158 g/mol. The van der Waals surface area contributed by atoms with Gasteiger partial charge in [-0.15, -0.1) is 0 Å². The zero-order valence-corrected chi connectivity index (χ0v) is 6.12. The summed E-state index contributed by atoms with van der Waals surface area (Å²) in [7, 11) is 0. The second kappa shape index (κ2) is 2.90. The van der Waals surface area contributed by atoms with Crippen LogP contribution in [0.4, 0.5) is 5.69 Å². The van der Waals surface area contributed by atoms with Crippen molar-refractivity contribution in [3.05, 3.63) is 29.3 Å². The van der Waals surface area contributed by atoms with E-state index in [2.05, 4.69) is 16.8 Å². The fraction of sp³-hybridized carbons (Fsp3) is 0. The van der Waals surface area contributed by atoms with Gasteiger partial charge in [-0.2, -0.15) is 4.36 Å². The number of hydrogen-bond donors (Lipinski definition) is 0. The highest BCUT2D eigenvalue weighted by atomic mass is 35.5. The highest BCUT2D eigenvalue weighted by Gasteiger charge is 1.91. The first-order valence-electron chi connectivity index (χ1n) is 2.42. The van der Waals surface area contributed by atoms with Gasteiger partial charge in [-0.25, -0.2) is 0 Å². The summed E-state index contributed by atoms with van der Waals surface area (Å²) in [6.45, 7) is 0. The lowest BCUT2D eigenvalue weighted by atomic mass is 10.3. The summed E-state index contributed by atoms with van der Waals surface area (Å²) in [4.78, 5) is 0. The van der Waals surface area contributed by atoms with E-state index in [4.69, 9.17) is 11.6 Å². The van der Waals surface area contributed by atoms with Crippen molar-refractivity contribution in [3.63, 3.8) is 0 Å². The van der Waals surface area contributed by atoms with Crippen LogP contribution in [0.15, 0.2) is 28.6 Å². The molecule has 0 fully saturated rings. The first-order chi connectivity index (χ1) is 4.34. The SMILES string of the molecule is S=Nc1ccccc1Cl. The van der Waals surface area contributed by atoms with Crippen LogP contribution in [0.5, 0.6) is 0 Å². The molecule has 0 N–H and O–H groups in total. The van der Waals surface area contributed by atoms with E-state index in [-0.39, 0.29) is 0 Å². The van der Waals surface area contributed by atoms with Crippen molar-refractivity contribution in [2.24, 2.45) is 4.36 Å². The van der Waals surface area contributed by atoms with E-state index in [0.29, 0.717) is 10.7 Å². The van der Waals surface area contributed by atoms with Gasteiger partial charge in [0.2, 0.25) is 0 Å². The summed E-state index contributed by atoms with van der Waals surface area (Å²) in [5, 5.41) is 0.604. The van der Waals surface area contributed by atoms with Gasteiger partial charge in [-0.3, -0.25) is 0 Å². The van der Waals surface area contributed by atoms with Gasteiger partial charge in [-0.1, -0.05) is 23.7 Å². The van der Waals surface area contributed by atoms with Crippen LogP contribution in [0.2, 0.25) is 5.02 Å². The number of hydrogen-bond acceptors (Lipinski definition) is 2. The van der Waals surface area contributed by atoms with Crippen LogP contribution in [-0.4, -0.2) is 0 Å². The predicted molar refractivity (Wildman–Crippen MR) is 40.9 cm³/mol. The summed E-state index contributed by atoms with van der Waals surface area (Å²) >= 11 is 10.1. The lowest BCUT2D eigenvalue weighted by Gasteiger charge is -1.90. The standard InChI is InChI=1S/C6H4ClNS/c7-5-3-1-2-4-6(5)8-9/h1-4H. The highest BCUT2D eigenvalue weighted by molar-refractivity contribution is 7.47. The maximum atomic E-state index is 5.66. The molecule has 0 bridgehead atoms. The Balaban J connectivity index is 3.15. The zero-order chi connectivity index (χ0) is 6.69. The van der Waals surface area contributed by atoms with Crippen molar-refractivity contribution < 1.29 is 0 Å². The molecular weight excluding hydrogens is 154 g/mol. The molecule has 0 radical (unpaired) electrons. The smallest absolute Gasteiger partial charge is 0.0955 e. The topological polar surface area (TPSA) is 12.4 Å². The molecule has 0 atom stereocenters. The van der Waals surface area contributed by atoms with E-state index in [1.165, 1.54) is 0 Å². The fourth-order valence-corrected chi connectivity index (χ4v) is 0.913. The second-order valence-corrected chi connectivity index (χ2v) is 2.13. The molecule has 9 heavy (non-hydrogen) atoms. The zero-order valence-electron chi connectivity index (χ0n) is 4.54. The molecule has 1 aromatic rings. The molecule has 0 aliphatic carbocycles. The molecule has 0 unspecified atom stereocenters. The van der Waals surface area contributed by atoms with Crippen LogP contribution in [0.25, 0.3) is 0 Å². The molecule has 0 aromatic heterocycles. The van der Waals surface area contributed by atoms with Crippen molar-refractivity contribution in [1.29, 1.82) is 0 Å². The minimum absolute atomic E-state index is 0.604. The van der Waals surface area contributed by atoms with Gasteiger partial charge in [0.25, 0.3) is 0 Å². The van der Waals surface area contributed by atoms with E-state index < -0.39 is 0 Å². The van der Waals surface area contributed by atoms with Gasteiger partial charge >= 0.3 is 0 Å². The average Bonchev–Trinajstić information content (AvgIpc) is 1.89. The molecule has 0 spiro atoms. The lowest BCUT2D eigenvalue weighted by molar-refractivity contribution is 1.57. The second-order valence-electron chi connectivity index (χ2n) is 1.54. The lowest BCUT2D eigenvalue weighted by Crippen LogP contribution is -1.62. The molecule has 0 saturated carbocycles. The van der Waals surface area contributed by atoms with Gasteiger partial charge in [0.05, 0.1) is 10.7 Å². The Hall–Kier alpha value is -0.470. The molecule has 1 rings (SSSR count). The van der Waals surface area contributed by atoms with Gasteiger partial charge in [0, 0.05) is 12.4 Å². The third-order valence-corrected chi connectivity index (χ3v) is 1.47. The summed E-state index contributed by atoms with van der Waals surface area (Å²) in [5.41, 5.74) is 0.661. The minimum atomic E-state index is 0.604. The summed E-state index contributed by atoms with van der Waals surface area (Å²) < 4.78 is 3.52. The van der Waals surface area contributed by atoms with Crippen LogP contribution in [0.1, 0.15) is 0 Å². The van der Waals surface area contributed by atoms with Gasteiger partial charge in [-0.05, 0) is 12.1 Å². The summed E-state index contributed by atoms with van der Waals surface area (Å²) in [6.07, 6.45) is 0. The normalized spacial score (nSPS) is 9.00. The van der Waals surface area contributed by atoms with Crippen LogP contribution in [0, 0.1) is 0 Å². The van der Waals surface area contributed by atoms with Crippen LogP contribution in [-0.2, 0) is 12.4 Å². The molecule has 1 nitrogen and oxygen atoms in total. The third kappa shape index (κ3) is 1.47. The third-order valence-electron chi connectivity index (χ3n) is 0.951. The predicted octanol–water partition coefficient (Wildman–Crippen LogP) is 2.70. The van der Waals surface area contributed by atoms with Gasteiger partial charge in [0.15, 0.2) is 0 Å². The molecule has 46 valence electrons. The summed E-state index contributed by atoms with van der Waals surface area (Å²) in [5.74, 6) is 0. The fourth-order valence-electron chi connectivity index (χ4n) is 0.526. The quantitative estimate of drug-likeness (QED) is 0.611. The van der Waals surface area contributed by atoms with Crippen LogP contribution in [0.3, 0.4) is 0 Å². The Morgan fingerprint density at radius 3 is 2.44 bits per heavy atom. The highest BCUT2D eigenvalue weighted by Crippen LogP contribution is 2.22. The number of benzene rings is 1. The Bertz CT molecular complexity index is 224. The van der Waals surface area contributed by atoms with E-state index in [1.54, 1.807) is 12.1 Å². The first kappa shape index (κ1) is 6.65. The molecule has 3 heteroatoms. The van der Waals surface area contributed by atoms with Crippen molar-refractivity contribution in [2.45, 2.75) is 0 Å². The Morgan fingerprint density at radius 1 is 1.33 bits per heavy atom. The summed E-state index contributed by atoms with van der Waals surface area (Å²) in [6, 6.07) is 7.21. The molecule has 0 heterocycles. The van der Waals surface area contributed by atoms with E-state index in [0.717, 1.165) is 0 Å². The number of rotatable bonds is 1. The van der Waals surface area contributed by atoms with Crippen molar-refractivity contribution >= 4 is 29.7 Å². The number of halogens is 1. The van der Waals surface area contributed by atoms with Crippen molar-refractivity contribution in [3.8, 4) is 0 Å². The van der Waals surface area contributed by atoms with Crippen LogP contribution < -0.4 is 0 Å². The van der Waals surface area contributed by atoms with Crippen LogP contribution >= 0.6 is 11.6 Å². The largest absolute Gasteiger partial charge is 0.180 e. The molecular formula is C6H4ClNS. The first-order valence-corrected chi connectivity index (χ1v) is 3.17. The molecule has 0 saturated heterocycles. The maximum Gasteiger partial charge on any atom is 0.0955 e. The Morgan fingerprint density at radius 2 is 2.00 bits per heavy atom. The van der Waals surface area contributed by atoms with Crippen molar-refractivity contribution in [1.82, 2.24) is 0 Å². The molecule has 0 aliphatic heterocycles. The Labute approximate surface area is 63.8 Å². The van der Waals surface area contributed by atoms with Gasteiger partial charge in [0.1, 0.15) is 0 Å². The maximum absolute atomic E-state index is 5.66. The molecule has 0 aliphatic rings. The Kier molecular flexibility index (Phi) is 2.14. The minimum Gasteiger partial charge on any atom is -0.180 e. The van der Waals surface area contributed by atoms with Gasteiger partial charge < -0.3 is 0 Å². The number of nitrogens with zero attached hydrogens (tertiary/aromatic N) is 1.